The van der Waals surface area contributed by atoms with Crippen LogP contribution >= 0.6 is 0 Å². The molecule has 0 heterocycles. The molecule has 3 nitrogen and oxygen atoms in total. The van der Waals surface area contributed by atoms with Crippen LogP contribution in [-0.2, 0) is 0 Å². The summed E-state index contributed by atoms with van der Waals surface area (Å²) in [6, 6.07) is 6.52. The molecule has 0 spiro atoms. The third-order valence-corrected chi connectivity index (χ3v) is 1.60. The zero-order chi connectivity index (χ0) is 9.14. The Morgan fingerprint density at radius 3 is 2.54 bits per heavy atom. The largest absolute Gasteiger partial charge is 1.00 e. The van der Waals surface area contributed by atoms with Crippen LogP contribution in [0.2, 0.25) is 0 Å². The van der Waals surface area contributed by atoms with Gasteiger partial charge in [-0.3, -0.25) is 0 Å². The number of benzene rings is 1. The van der Waals surface area contributed by atoms with Crippen molar-refractivity contribution >= 4 is 5.97 Å². The van der Waals surface area contributed by atoms with Gasteiger partial charge in [-0.15, -0.1) is 0 Å². The molecule has 0 aliphatic heterocycles. The molecule has 4 heteroatoms. The number of hydrogen-bond acceptors (Lipinski definition) is 3. The summed E-state index contributed by atoms with van der Waals surface area (Å²) in [6.45, 7) is 1.63. The molecular formula is C9H6LiNO2. The van der Waals surface area contributed by atoms with Gasteiger partial charge in [0.2, 0.25) is 0 Å². The molecule has 0 unspecified atom stereocenters. The Bertz CT molecular complexity index is 368. The minimum atomic E-state index is -1.30. The first-order valence-corrected chi connectivity index (χ1v) is 3.38. The molecule has 1 aromatic carbocycles. The first-order chi connectivity index (χ1) is 5.66. The van der Waals surface area contributed by atoms with Crippen molar-refractivity contribution in [2.24, 2.45) is 0 Å². The number of carboxylic acid groups (broad SMARTS) is 1. The number of rotatable bonds is 1. The van der Waals surface area contributed by atoms with E-state index in [0.29, 0.717) is 5.56 Å². The van der Waals surface area contributed by atoms with Crippen LogP contribution in [0.25, 0.3) is 0 Å². The Morgan fingerprint density at radius 1 is 1.54 bits per heavy atom. The zero-order valence-electron chi connectivity index (χ0n) is 7.50. The summed E-state index contributed by atoms with van der Waals surface area (Å²) in [7, 11) is 0. The molecule has 60 valence electrons. The van der Waals surface area contributed by atoms with E-state index < -0.39 is 5.97 Å². The van der Waals surface area contributed by atoms with Crippen molar-refractivity contribution in [1.82, 2.24) is 0 Å². The Morgan fingerprint density at radius 2 is 2.15 bits per heavy atom. The molecule has 0 saturated heterocycles. The number of carboxylic acids is 1. The fraction of sp³-hybridized carbons (Fsp3) is 0.111. The monoisotopic (exact) mass is 167 g/mol. The summed E-state index contributed by atoms with van der Waals surface area (Å²) in [5.41, 5.74) is 0.684. The quantitative estimate of drug-likeness (QED) is 0.425. The molecule has 0 amide bonds. The van der Waals surface area contributed by atoms with Gasteiger partial charge in [0, 0.05) is 5.56 Å². The minimum absolute atomic E-state index is 0. The van der Waals surface area contributed by atoms with Gasteiger partial charge in [-0.2, -0.15) is 5.26 Å². The van der Waals surface area contributed by atoms with Gasteiger partial charge in [-0.05, 0) is 18.6 Å². The molecule has 0 N–H and O–H groups in total. The number of carbonyl (C=O) groups excluding carboxylic acids is 1. The first kappa shape index (κ1) is 11.8. The van der Waals surface area contributed by atoms with Crippen LogP contribution in [0, 0.1) is 18.3 Å². The number of nitrogens with zero attached hydrogens (tertiary/aromatic N) is 1. The number of aryl methyl sites for hydroxylation is 1. The van der Waals surface area contributed by atoms with Crippen molar-refractivity contribution in [3.63, 3.8) is 0 Å². The molecule has 13 heavy (non-hydrogen) atoms. The fourth-order valence-corrected chi connectivity index (χ4v) is 1.03. The maximum atomic E-state index is 10.5. The van der Waals surface area contributed by atoms with Crippen molar-refractivity contribution in [1.29, 1.82) is 5.26 Å². The summed E-state index contributed by atoms with van der Waals surface area (Å²) in [5, 5.41) is 19.1. The topological polar surface area (TPSA) is 63.9 Å². The minimum Gasteiger partial charge on any atom is -0.545 e. The predicted molar refractivity (Wildman–Crippen MR) is 40.2 cm³/mol. The first-order valence-electron chi connectivity index (χ1n) is 3.38. The molecule has 0 bridgehead atoms. The van der Waals surface area contributed by atoms with E-state index in [1.54, 1.807) is 25.1 Å². The van der Waals surface area contributed by atoms with E-state index in [1.165, 1.54) is 6.07 Å². The number of carbonyl (C=O) groups is 1. The maximum Gasteiger partial charge on any atom is 1.00 e. The van der Waals surface area contributed by atoms with Crippen LogP contribution in [0.15, 0.2) is 18.2 Å². The summed E-state index contributed by atoms with van der Waals surface area (Å²) in [5.74, 6) is -1.30. The molecule has 0 aliphatic rings. The van der Waals surface area contributed by atoms with E-state index in [9.17, 15) is 9.90 Å². The summed E-state index contributed by atoms with van der Waals surface area (Å²) in [6.07, 6.45) is 0. The van der Waals surface area contributed by atoms with Gasteiger partial charge in [0.25, 0.3) is 0 Å². The molecule has 0 saturated carbocycles. The van der Waals surface area contributed by atoms with E-state index in [2.05, 4.69) is 0 Å². The zero-order valence-corrected chi connectivity index (χ0v) is 7.50. The van der Waals surface area contributed by atoms with Crippen LogP contribution in [0.4, 0.5) is 0 Å². The summed E-state index contributed by atoms with van der Waals surface area (Å²) < 4.78 is 0. The SMILES string of the molecule is Cc1cccc(C#N)c1C(=O)[O-].[Li+]. The normalized spacial score (nSPS) is 8.31. The van der Waals surface area contributed by atoms with Gasteiger partial charge in [0.1, 0.15) is 0 Å². The van der Waals surface area contributed by atoms with Crippen molar-refractivity contribution in [3.8, 4) is 6.07 Å². The molecular weight excluding hydrogens is 161 g/mol. The van der Waals surface area contributed by atoms with Gasteiger partial charge >= 0.3 is 18.9 Å². The van der Waals surface area contributed by atoms with E-state index in [1.807, 2.05) is 0 Å². The van der Waals surface area contributed by atoms with Crippen molar-refractivity contribution < 1.29 is 28.8 Å². The Hall–Kier alpha value is -1.22. The molecule has 1 aromatic rings. The van der Waals surface area contributed by atoms with Crippen LogP contribution < -0.4 is 24.0 Å². The molecule has 0 aliphatic carbocycles. The van der Waals surface area contributed by atoms with Gasteiger partial charge in [-0.1, -0.05) is 12.1 Å². The molecule has 0 fully saturated rings. The van der Waals surface area contributed by atoms with Crippen LogP contribution in [0.5, 0.6) is 0 Å². The fourth-order valence-electron chi connectivity index (χ4n) is 1.03. The molecule has 0 radical (unpaired) electrons. The predicted octanol–water partition coefficient (Wildman–Crippen LogP) is -2.77. The molecule has 0 atom stereocenters. The standard InChI is InChI=1S/C9H7NO2.Li/c1-6-3-2-4-7(5-10)8(6)9(11)12;/h2-4H,1H3,(H,11,12);/q;+1/p-1. The maximum absolute atomic E-state index is 10.5. The molecule has 1 rings (SSSR count). The number of aromatic carboxylic acids is 1. The third kappa shape index (κ3) is 2.35. The Kier molecular flexibility index (Phi) is 4.27. The summed E-state index contributed by atoms with van der Waals surface area (Å²) in [4.78, 5) is 10.5. The third-order valence-electron chi connectivity index (χ3n) is 1.60. The van der Waals surface area contributed by atoms with Crippen molar-refractivity contribution in [3.05, 3.63) is 34.9 Å². The van der Waals surface area contributed by atoms with E-state index in [0.717, 1.165) is 0 Å². The van der Waals surface area contributed by atoms with Crippen LogP contribution in [0.1, 0.15) is 21.5 Å². The second kappa shape index (κ2) is 4.72. The Labute approximate surface area is 88.2 Å². The van der Waals surface area contributed by atoms with Gasteiger partial charge in [0.15, 0.2) is 0 Å². The smallest absolute Gasteiger partial charge is 0.545 e. The van der Waals surface area contributed by atoms with E-state index in [4.69, 9.17) is 5.26 Å². The van der Waals surface area contributed by atoms with E-state index in [-0.39, 0.29) is 30.0 Å². The van der Waals surface area contributed by atoms with Crippen LogP contribution in [-0.4, -0.2) is 5.97 Å². The Balaban J connectivity index is 0.00000144. The van der Waals surface area contributed by atoms with Gasteiger partial charge in [-0.25, -0.2) is 0 Å². The molecule has 0 aromatic heterocycles. The second-order valence-electron chi connectivity index (χ2n) is 2.40. The van der Waals surface area contributed by atoms with Crippen molar-refractivity contribution in [2.45, 2.75) is 6.92 Å². The summed E-state index contributed by atoms with van der Waals surface area (Å²) >= 11 is 0. The average molecular weight is 167 g/mol. The number of hydrogen-bond donors (Lipinski definition) is 0. The average Bonchev–Trinajstić information content (AvgIpc) is 2.03. The van der Waals surface area contributed by atoms with E-state index >= 15 is 0 Å². The second-order valence-corrected chi connectivity index (χ2v) is 2.40. The van der Waals surface area contributed by atoms with Crippen LogP contribution in [0.3, 0.4) is 0 Å². The number of nitriles is 1. The van der Waals surface area contributed by atoms with Gasteiger partial charge in [0.05, 0.1) is 17.6 Å². The van der Waals surface area contributed by atoms with Gasteiger partial charge < -0.3 is 9.90 Å². The van der Waals surface area contributed by atoms with Crippen molar-refractivity contribution in [2.75, 3.05) is 0 Å².